The number of para-hydroxylation sites is 1. The fourth-order valence-corrected chi connectivity index (χ4v) is 2.70. The van der Waals surface area contributed by atoms with Crippen molar-refractivity contribution < 1.29 is 0 Å². The van der Waals surface area contributed by atoms with Gasteiger partial charge in [0.15, 0.2) is 5.96 Å². The van der Waals surface area contributed by atoms with Crippen molar-refractivity contribution >= 4 is 11.6 Å². The van der Waals surface area contributed by atoms with Crippen LogP contribution < -0.4 is 5.73 Å². The molecule has 0 aromatic heterocycles. The van der Waals surface area contributed by atoms with Crippen molar-refractivity contribution in [1.82, 2.24) is 4.90 Å². The molecule has 1 fully saturated rings. The molecule has 1 saturated carbocycles. The van der Waals surface area contributed by atoms with Crippen molar-refractivity contribution in [3.05, 3.63) is 30.3 Å². The third-order valence-electron chi connectivity index (χ3n) is 3.65. The van der Waals surface area contributed by atoms with E-state index in [1.165, 1.54) is 32.1 Å². The summed E-state index contributed by atoms with van der Waals surface area (Å²) in [7, 11) is 0. The largest absolute Gasteiger partial charge is 0.369 e. The van der Waals surface area contributed by atoms with Crippen LogP contribution in [-0.4, -0.2) is 23.4 Å². The van der Waals surface area contributed by atoms with E-state index < -0.39 is 0 Å². The van der Waals surface area contributed by atoms with Crippen molar-refractivity contribution in [2.45, 2.75) is 45.1 Å². The van der Waals surface area contributed by atoms with Gasteiger partial charge < -0.3 is 10.6 Å². The molecule has 0 bridgehead atoms. The van der Waals surface area contributed by atoms with Gasteiger partial charge in [0.25, 0.3) is 0 Å². The molecule has 1 aliphatic carbocycles. The smallest absolute Gasteiger partial charge is 0.196 e. The second kappa shape index (κ2) is 6.43. The first-order chi connectivity index (χ1) is 8.81. The highest BCUT2D eigenvalue weighted by Gasteiger charge is 2.21. The van der Waals surface area contributed by atoms with Crippen LogP contribution in [0.15, 0.2) is 35.3 Å². The molecule has 0 amide bonds. The van der Waals surface area contributed by atoms with Gasteiger partial charge in [0.2, 0.25) is 0 Å². The van der Waals surface area contributed by atoms with Gasteiger partial charge in [0.1, 0.15) is 0 Å². The second-order valence-electron chi connectivity index (χ2n) is 4.88. The Morgan fingerprint density at radius 1 is 1.22 bits per heavy atom. The summed E-state index contributed by atoms with van der Waals surface area (Å²) < 4.78 is 0. The first kappa shape index (κ1) is 12.9. The zero-order valence-electron chi connectivity index (χ0n) is 11.2. The van der Waals surface area contributed by atoms with E-state index in [1.54, 1.807) is 0 Å². The third-order valence-corrected chi connectivity index (χ3v) is 3.65. The van der Waals surface area contributed by atoms with Crippen LogP contribution in [0.4, 0.5) is 5.69 Å². The van der Waals surface area contributed by atoms with E-state index in [-0.39, 0.29) is 0 Å². The molecule has 0 aliphatic heterocycles. The third kappa shape index (κ3) is 3.25. The summed E-state index contributed by atoms with van der Waals surface area (Å²) in [4.78, 5) is 6.78. The molecular formula is C15H23N3. The lowest BCUT2D eigenvalue weighted by Crippen LogP contribution is -2.45. The Morgan fingerprint density at radius 3 is 2.50 bits per heavy atom. The van der Waals surface area contributed by atoms with Crippen molar-refractivity contribution in [1.29, 1.82) is 0 Å². The van der Waals surface area contributed by atoms with Gasteiger partial charge >= 0.3 is 0 Å². The van der Waals surface area contributed by atoms with E-state index >= 15 is 0 Å². The minimum Gasteiger partial charge on any atom is -0.369 e. The fourth-order valence-electron chi connectivity index (χ4n) is 2.70. The van der Waals surface area contributed by atoms with Gasteiger partial charge in [-0.25, -0.2) is 4.99 Å². The Bertz CT molecular complexity index is 380. The van der Waals surface area contributed by atoms with Crippen LogP contribution in [0.3, 0.4) is 0 Å². The number of aliphatic imine (C=N–C) groups is 1. The molecule has 0 spiro atoms. The van der Waals surface area contributed by atoms with Gasteiger partial charge in [0, 0.05) is 12.6 Å². The van der Waals surface area contributed by atoms with Gasteiger partial charge in [0.05, 0.1) is 5.69 Å². The molecule has 0 saturated heterocycles. The Balaban J connectivity index is 2.09. The van der Waals surface area contributed by atoms with Gasteiger partial charge in [-0.05, 0) is 31.9 Å². The molecule has 1 aromatic carbocycles. The lowest BCUT2D eigenvalue weighted by molar-refractivity contribution is 0.250. The molecule has 18 heavy (non-hydrogen) atoms. The molecule has 3 heteroatoms. The van der Waals surface area contributed by atoms with E-state index in [0.29, 0.717) is 12.0 Å². The molecular weight excluding hydrogens is 222 g/mol. The molecule has 1 aromatic rings. The highest BCUT2D eigenvalue weighted by Crippen LogP contribution is 2.23. The molecule has 3 nitrogen and oxygen atoms in total. The maximum absolute atomic E-state index is 6.17. The minimum absolute atomic E-state index is 0.580. The van der Waals surface area contributed by atoms with Crippen LogP contribution in [0, 0.1) is 0 Å². The van der Waals surface area contributed by atoms with Crippen LogP contribution in [0.2, 0.25) is 0 Å². The summed E-state index contributed by atoms with van der Waals surface area (Å²) in [5.74, 6) is 0.663. The van der Waals surface area contributed by atoms with Crippen LogP contribution in [-0.2, 0) is 0 Å². The van der Waals surface area contributed by atoms with Gasteiger partial charge in [-0.15, -0.1) is 0 Å². The average Bonchev–Trinajstić information content (AvgIpc) is 2.42. The maximum Gasteiger partial charge on any atom is 0.196 e. The SMILES string of the molecule is CCN(C(N)=Nc1ccccc1)C1CCCCC1. The highest BCUT2D eigenvalue weighted by atomic mass is 15.3. The summed E-state index contributed by atoms with van der Waals surface area (Å²) in [6.45, 7) is 3.09. The number of nitrogens with zero attached hydrogens (tertiary/aromatic N) is 2. The van der Waals surface area contributed by atoms with Gasteiger partial charge in [-0.1, -0.05) is 37.5 Å². The molecule has 0 unspecified atom stereocenters. The van der Waals surface area contributed by atoms with E-state index in [2.05, 4.69) is 16.8 Å². The molecule has 2 N–H and O–H groups in total. The lowest BCUT2D eigenvalue weighted by atomic mass is 9.94. The van der Waals surface area contributed by atoms with E-state index in [1.807, 2.05) is 30.3 Å². The number of benzene rings is 1. The highest BCUT2D eigenvalue weighted by molar-refractivity contribution is 5.81. The van der Waals surface area contributed by atoms with Crippen LogP contribution in [0.25, 0.3) is 0 Å². The summed E-state index contributed by atoms with van der Waals surface area (Å²) in [5.41, 5.74) is 7.10. The predicted octanol–water partition coefficient (Wildman–Crippen LogP) is 3.29. The fraction of sp³-hybridized carbons (Fsp3) is 0.533. The van der Waals surface area contributed by atoms with Crippen molar-refractivity contribution in [2.75, 3.05) is 6.54 Å². The molecule has 2 rings (SSSR count). The Hall–Kier alpha value is -1.51. The van der Waals surface area contributed by atoms with E-state index in [9.17, 15) is 0 Å². The zero-order chi connectivity index (χ0) is 12.8. The molecule has 0 atom stereocenters. The average molecular weight is 245 g/mol. The van der Waals surface area contributed by atoms with Crippen LogP contribution in [0.1, 0.15) is 39.0 Å². The number of hydrogen-bond acceptors (Lipinski definition) is 1. The van der Waals surface area contributed by atoms with Gasteiger partial charge in [-0.2, -0.15) is 0 Å². The lowest BCUT2D eigenvalue weighted by Gasteiger charge is -2.34. The summed E-state index contributed by atoms with van der Waals surface area (Å²) in [5, 5.41) is 0. The normalized spacial score (nSPS) is 17.7. The summed E-state index contributed by atoms with van der Waals surface area (Å²) >= 11 is 0. The van der Waals surface area contributed by atoms with E-state index in [4.69, 9.17) is 5.73 Å². The Kier molecular flexibility index (Phi) is 4.62. The topological polar surface area (TPSA) is 41.6 Å². The monoisotopic (exact) mass is 245 g/mol. The molecule has 0 heterocycles. The first-order valence-electron chi connectivity index (χ1n) is 6.97. The second-order valence-corrected chi connectivity index (χ2v) is 4.88. The maximum atomic E-state index is 6.17. The zero-order valence-corrected chi connectivity index (χ0v) is 11.2. The van der Waals surface area contributed by atoms with Crippen molar-refractivity contribution in [3.8, 4) is 0 Å². The first-order valence-corrected chi connectivity index (χ1v) is 6.97. The number of nitrogens with two attached hydrogens (primary N) is 1. The van der Waals surface area contributed by atoms with Crippen LogP contribution in [0.5, 0.6) is 0 Å². The number of rotatable bonds is 3. The number of hydrogen-bond donors (Lipinski definition) is 1. The summed E-state index contributed by atoms with van der Waals surface area (Å²) in [6.07, 6.45) is 6.50. The van der Waals surface area contributed by atoms with Crippen molar-refractivity contribution in [3.63, 3.8) is 0 Å². The number of guanidine groups is 1. The molecule has 0 radical (unpaired) electrons. The Morgan fingerprint density at radius 2 is 1.89 bits per heavy atom. The standard InChI is InChI=1S/C15H23N3/c1-2-18(14-11-7-4-8-12-14)15(16)17-13-9-5-3-6-10-13/h3,5-6,9-10,14H,2,4,7-8,11-12H2,1H3,(H2,16,17). The predicted molar refractivity (Wildman–Crippen MR) is 77.0 cm³/mol. The minimum atomic E-state index is 0.580. The molecule has 98 valence electrons. The quantitative estimate of drug-likeness (QED) is 0.656. The van der Waals surface area contributed by atoms with Crippen LogP contribution >= 0.6 is 0 Å². The van der Waals surface area contributed by atoms with Gasteiger partial charge in [-0.3, -0.25) is 0 Å². The molecule has 1 aliphatic rings. The van der Waals surface area contributed by atoms with E-state index in [0.717, 1.165) is 12.2 Å². The Labute approximate surface area is 110 Å². The van der Waals surface area contributed by atoms with Crippen molar-refractivity contribution in [2.24, 2.45) is 10.7 Å². The summed E-state index contributed by atoms with van der Waals surface area (Å²) in [6, 6.07) is 10.5.